The van der Waals surface area contributed by atoms with Crippen molar-refractivity contribution in [1.29, 1.82) is 0 Å². The van der Waals surface area contributed by atoms with Gasteiger partial charge in [0, 0.05) is 6.07 Å². The van der Waals surface area contributed by atoms with E-state index >= 15 is 0 Å². The molecule has 0 atom stereocenters. The van der Waals surface area contributed by atoms with Crippen molar-refractivity contribution in [3.63, 3.8) is 0 Å². The third-order valence-electron chi connectivity index (χ3n) is 3.22. The highest BCUT2D eigenvalue weighted by Crippen LogP contribution is 2.20. The standard InChI is InChI=1S/C17H15F2NO3/c1-10-3-5-11(6-4-10)7-16(21)20-15-8-12(17(22)23-2)13(18)9-14(15)19/h3-6,8-9H,7H2,1-2H3,(H,20,21). The lowest BCUT2D eigenvalue weighted by molar-refractivity contribution is -0.115. The van der Waals surface area contributed by atoms with E-state index in [1.807, 2.05) is 19.1 Å². The molecule has 0 saturated carbocycles. The number of amides is 1. The second-order valence-corrected chi connectivity index (χ2v) is 5.01. The zero-order chi connectivity index (χ0) is 17.0. The Bertz CT molecular complexity index is 742. The van der Waals surface area contributed by atoms with Gasteiger partial charge < -0.3 is 10.1 Å². The van der Waals surface area contributed by atoms with Crippen LogP contribution in [0.4, 0.5) is 14.5 Å². The first-order valence-electron chi connectivity index (χ1n) is 6.83. The number of esters is 1. The van der Waals surface area contributed by atoms with E-state index in [0.29, 0.717) is 6.07 Å². The minimum Gasteiger partial charge on any atom is -0.465 e. The molecule has 120 valence electrons. The maximum Gasteiger partial charge on any atom is 0.340 e. The number of hydrogen-bond donors (Lipinski definition) is 1. The van der Waals surface area contributed by atoms with Crippen molar-refractivity contribution in [3.05, 3.63) is 64.7 Å². The predicted octanol–water partition coefficient (Wildman–Crippen LogP) is 3.24. The van der Waals surface area contributed by atoms with Crippen LogP contribution in [0.2, 0.25) is 0 Å². The van der Waals surface area contributed by atoms with Crippen LogP contribution in [0.5, 0.6) is 0 Å². The molecule has 2 rings (SSSR count). The average Bonchev–Trinajstić information content (AvgIpc) is 2.51. The van der Waals surface area contributed by atoms with E-state index < -0.39 is 29.1 Å². The fraction of sp³-hybridized carbons (Fsp3) is 0.176. The molecule has 1 N–H and O–H groups in total. The molecule has 0 radical (unpaired) electrons. The molecule has 0 aliphatic carbocycles. The van der Waals surface area contributed by atoms with Gasteiger partial charge in [-0.25, -0.2) is 13.6 Å². The Morgan fingerprint density at radius 2 is 1.74 bits per heavy atom. The highest BCUT2D eigenvalue weighted by atomic mass is 19.1. The summed E-state index contributed by atoms with van der Waals surface area (Å²) in [5, 5.41) is 2.33. The average molecular weight is 319 g/mol. The lowest BCUT2D eigenvalue weighted by Gasteiger charge is -2.09. The number of halogens is 2. The molecule has 0 aliphatic rings. The van der Waals surface area contributed by atoms with Gasteiger partial charge in [-0.1, -0.05) is 29.8 Å². The van der Waals surface area contributed by atoms with Crippen LogP contribution >= 0.6 is 0 Å². The van der Waals surface area contributed by atoms with Crippen molar-refractivity contribution < 1.29 is 23.1 Å². The number of carbonyl (C=O) groups excluding carboxylic acids is 2. The molecular formula is C17H15F2NO3. The van der Waals surface area contributed by atoms with Gasteiger partial charge in [0.25, 0.3) is 0 Å². The lowest BCUT2D eigenvalue weighted by Crippen LogP contribution is -2.16. The molecule has 6 heteroatoms. The molecule has 0 heterocycles. The SMILES string of the molecule is COC(=O)c1cc(NC(=O)Cc2ccc(C)cc2)c(F)cc1F. The molecule has 0 bridgehead atoms. The van der Waals surface area contributed by atoms with Crippen molar-refractivity contribution in [2.24, 2.45) is 0 Å². The Hall–Kier alpha value is -2.76. The van der Waals surface area contributed by atoms with Crippen LogP contribution in [-0.4, -0.2) is 19.0 Å². The van der Waals surface area contributed by atoms with Crippen LogP contribution in [0.1, 0.15) is 21.5 Å². The molecular weight excluding hydrogens is 304 g/mol. The van der Waals surface area contributed by atoms with E-state index in [1.54, 1.807) is 12.1 Å². The smallest absolute Gasteiger partial charge is 0.340 e. The van der Waals surface area contributed by atoms with Gasteiger partial charge in [0.15, 0.2) is 0 Å². The van der Waals surface area contributed by atoms with Gasteiger partial charge in [0.05, 0.1) is 24.8 Å². The first-order valence-corrected chi connectivity index (χ1v) is 6.83. The third-order valence-corrected chi connectivity index (χ3v) is 3.22. The molecule has 0 aliphatic heterocycles. The number of nitrogens with one attached hydrogen (secondary N) is 1. The van der Waals surface area contributed by atoms with Gasteiger partial charge >= 0.3 is 5.97 Å². The summed E-state index contributed by atoms with van der Waals surface area (Å²) in [6.07, 6.45) is 0.0324. The highest BCUT2D eigenvalue weighted by Gasteiger charge is 2.17. The van der Waals surface area contributed by atoms with E-state index in [4.69, 9.17) is 0 Å². The molecule has 2 aromatic rings. The maximum atomic E-state index is 13.7. The van der Waals surface area contributed by atoms with E-state index in [1.165, 1.54) is 0 Å². The van der Waals surface area contributed by atoms with Gasteiger partial charge in [-0.3, -0.25) is 4.79 Å². The summed E-state index contributed by atoms with van der Waals surface area (Å²) < 4.78 is 31.7. The number of hydrogen-bond acceptors (Lipinski definition) is 3. The zero-order valence-corrected chi connectivity index (χ0v) is 12.7. The fourth-order valence-corrected chi connectivity index (χ4v) is 2.00. The van der Waals surface area contributed by atoms with E-state index in [9.17, 15) is 18.4 Å². The lowest BCUT2D eigenvalue weighted by atomic mass is 10.1. The predicted molar refractivity (Wildman–Crippen MR) is 81.2 cm³/mol. The third kappa shape index (κ3) is 4.12. The molecule has 0 saturated heterocycles. The monoisotopic (exact) mass is 319 g/mol. The molecule has 2 aromatic carbocycles. The minimum atomic E-state index is -1.05. The number of rotatable bonds is 4. The Labute approximate surface area is 132 Å². The maximum absolute atomic E-state index is 13.7. The zero-order valence-electron chi connectivity index (χ0n) is 12.7. The van der Waals surface area contributed by atoms with E-state index in [-0.39, 0.29) is 12.1 Å². The number of aryl methyl sites for hydroxylation is 1. The first-order chi connectivity index (χ1) is 10.9. The van der Waals surface area contributed by atoms with E-state index in [0.717, 1.165) is 24.3 Å². The van der Waals surface area contributed by atoms with Gasteiger partial charge in [-0.2, -0.15) is 0 Å². The largest absolute Gasteiger partial charge is 0.465 e. The molecule has 23 heavy (non-hydrogen) atoms. The van der Waals surface area contributed by atoms with Crippen LogP contribution < -0.4 is 5.32 Å². The quantitative estimate of drug-likeness (QED) is 0.880. The number of ether oxygens (including phenoxy) is 1. The molecule has 0 fully saturated rings. The summed E-state index contributed by atoms with van der Waals surface area (Å²) in [5.41, 5.74) is 1.09. The van der Waals surface area contributed by atoms with Gasteiger partial charge in [0.2, 0.25) is 5.91 Å². The van der Waals surface area contributed by atoms with Crippen LogP contribution in [-0.2, 0) is 16.0 Å². The summed E-state index contributed by atoms with van der Waals surface area (Å²) in [6.45, 7) is 1.92. The van der Waals surface area contributed by atoms with Crippen LogP contribution in [0.15, 0.2) is 36.4 Å². The second kappa shape index (κ2) is 7.00. The fourth-order valence-electron chi connectivity index (χ4n) is 2.00. The van der Waals surface area contributed by atoms with Crippen LogP contribution in [0.25, 0.3) is 0 Å². The first kappa shape index (κ1) is 16.6. The Kier molecular flexibility index (Phi) is 5.05. The summed E-state index contributed by atoms with van der Waals surface area (Å²) in [7, 11) is 1.08. The summed E-state index contributed by atoms with van der Waals surface area (Å²) in [6, 6.07) is 8.75. The topological polar surface area (TPSA) is 55.4 Å². The minimum absolute atomic E-state index is 0.0324. The number of anilines is 1. The summed E-state index contributed by atoms with van der Waals surface area (Å²) >= 11 is 0. The van der Waals surface area contributed by atoms with E-state index in [2.05, 4.69) is 10.1 Å². The number of methoxy groups -OCH3 is 1. The van der Waals surface area contributed by atoms with Crippen LogP contribution in [0, 0.1) is 18.6 Å². The van der Waals surface area contributed by atoms with Crippen molar-refractivity contribution in [1.82, 2.24) is 0 Å². The molecule has 0 aromatic heterocycles. The van der Waals surface area contributed by atoms with Crippen LogP contribution in [0.3, 0.4) is 0 Å². The molecule has 1 amide bonds. The number of benzene rings is 2. The van der Waals surface area contributed by atoms with Crippen molar-refractivity contribution >= 4 is 17.6 Å². The van der Waals surface area contributed by atoms with Gasteiger partial charge in [-0.05, 0) is 18.6 Å². The van der Waals surface area contributed by atoms with Crippen molar-refractivity contribution in [3.8, 4) is 0 Å². The Balaban J connectivity index is 2.17. The Morgan fingerprint density at radius 3 is 2.35 bits per heavy atom. The van der Waals surface area contributed by atoms with Crippen molar-refractivity contribution in [2.45, 2.75) is 13.3 Å². The molecule has 4 nitrogen and oxygen atoms in total. The van der Waals surface area contributed by atoms with Gasteiger partial charge in [0.1, 0.15) is 11.6 Å². The molecule has 0 unspecified atom stereocenters. The normalized spacial score (nSPS) is 10.3. The number of carbonyl (C=O) groups is 2. The molecule has 0 spiro atoms. The van der Waals surface area contributed by atoms with Gasteiger partial charge in [-0.15, -0.1) is 0 Å². The second-order valence-electron chi connectivity index (χ2n) is 5.01. The summed E-state index contributed by atoms with van der Waals surface area (Å²) in [5.74, 6) is -3.44. The van der Waals surface area contributed by atoms with Crippen molar-refractivity contribution in [2.75, 3.05) is 12.4 Å². The summed E-state index contributed by atoms with van der Waals surface area (Å²) in [4.78, 5) is 23.4. The highest BCUT2D eigenvalue weighted by molar-refractivity contribution is 5.95. The Morgan fingerprint density at radius 1 is 1.09 bits per heavy atom.